The minimum atomic E-state index is 0.269. The standard InChI is InChI=1S/C17H24N2O/c18-16-5-3-15(4-6-16)17(20)11-13-7-9-19(10-8-13)12-14-1-2-14/h3-6,13-14H,1-2,7-12,18H2. The lowest BCUT2D eigenvalue weighted by molar-refractivity contribution is 0.0926. The minimum absolute atomic E-state index is 0.269. The zero-order valence-corrected chi connectivity index (χ0v) is 12.1. The summed E-state index contributed by atoms with van der Waals surface area (Å²) in [7, 11) is 0. The number of rotatable bonds is 5. The average molecular weight is 272 g/mol. The number of likely N-dealkylation sites (tertiary alicyclic amines) is 1. The first-order valence-electron chi connectivity index (χ1n) is 7.82. The molecular formula is C17H24N2O. The van der Waals surface area contributed by atoms with E-state index in [1.807, 2.05) is 24.3 Å². The molecule has 3 rings (SSSR count). The Labute approximate surface area is 121 Å². The Morgan fingerprint density at radius 2 is 1.70 bits per heavy atom. The van der Waals surface area contributed by atoms with Gasteiger partial charge in [0.25, 0.3) is 0 Å². The van der Waals surface area contributed by atoms with Crippen LogP contribution in [-0.4, -0.2) is 30.3 Å². The lowest BCUT2D eigenvalue weighted by Crippen LogP contribution is -2.35. The van der Waals surface area contributed by atoms with E-state index in [0.717, 1.165) is 17.2 Å². The molecule has 0 spiro atoms. The number of nitrogen functional groups attached to an aromatic ring is 1. The molecule has 1 aromatic rings. The third-order valence-corrected chi connectivity index (χ3v) is 4.63. The van der Waals surface area contributed by atoms with E-state index in [-0.39, 0.29) is 5.78 Å². The SMILES string of the molecule is Nc1ccc(C(=O)CC2CCN(CC3CC3)CC2)cc1. The summed E-state index contributed by atoms with van der Waals surface area (Å²) in [5, 5.41) is 0. The number of hydrogen-bond acceptors (Lipinski definition) is 3. The molecule has 1 saturated carbocycles. The van der Waals surface area contributed by atoms with Gasteiger partial charge in [0.05, 0.1) is 0 Å². The molecule has 1 heterocycles. The summed E-state index contributed by atoms with van der Waals surface area (Å²) >= 11 is 0. The number of Topliss-reactive ketones (excluding diaryl/α,β-unsaturated/α-hetero) is 1. The topological polar surface area (TPSA) is 46.3 Å². The monoisotopic (exact) mass is 272 g/mol. The van der Waals surface area contributed by atoms with Crippen molar-refractivity contribution < 1.29 is 4.79 Å². The van der Waals surface area contributed by atoms with Gasteiger partial charge in [0.1, 0.15) is 0 Å². The molecule has 2 fully saturated rings. The highest BCUT2D eigenvalue weighted by Gasteiger charge is 2.27. The smallest absolute Gasteiger partial charge is 0.163 e. The van der Waals surface area contributed by atoms with Gasteiger partial charge in [-0.1, -0.05) is 0 Å². The predicted octanol–water partition coefficient (Wildman–Crippen LogP) is 2.96. The lowest BCUT2D eigenvalue weighted by atomic mass is 9.89. The third kappa shape index (κ3) is 3.60. The van der Waals surface area contributed by atoms with Gasteiger partial charge >= 0.3 is 0 Å². The van der Waals surface area contributed by atoms with Gasteiger partial charge in [-0.05, 0) is 74.9 Å². The highest BCUT2D eigenvalue weighted by atomic mass is 16.1. The van der Waals surface area contributed by atoms with Gasteiger partial charge in [-0.3, -0.25) is 4.79 Å². The van der Waals surface area contributed by atoms with Gasteiger partial charge in [-0.25, -0.2) is 0 Å². The highest BCUT2D eigenvalue weighted by molar-refractivity contribution is 5.96. The van der Waals surface area contributed by atoms with Crippen molar-refractivity contribution in [3.05, 3.63) is 29.8 Å². The zero-order valence-electron chi connectivity index (χ0n) is 12.1. The van der Waals surface area contributed by atoms with Crippen LogP contribution in [0.2, 0.25) is 0 Å². The Morgan fingerprint density at radius 1 is 1.05 bits per heavy atom. The second-order valence-corrected chi connectivity index (χ2v) is 6.44. The number of piperidine rings is 1. The molecule has 2 N–H and O–H groups in total. The molecule has 0 bridgehead atoms. The van der Waals surface area contributed by atoms with Crippen LogP contribution in [0.1, 0.15) is 42.5 Å². The van der Waals surface area contributed by atoms with Crippen LogP contribution in [-0.2, 0) is 0 Å². The van der Waals surface area contributed by atoms with E-state index in [1.54, 1.807) is 0 Å². The third-order valence-electron chi connectivity index (χ3n) is 4.63. The second kappa shape index (κ2) is 5.96. The van der Waals surface area contributed by atoms with E-state index < -0.39 is 0 Å². The maximum atomic E-state index is 12.2. The van der Waals surface area contributed by atoms with Crippen molar-refractivity contribution in [1.29, 1.82) is 0 Å². The Bertz CT molecular complexity index is 456. The molecule has 3 heteroatoms. The van der Waals surface area contributed by atoms with Crippen molar-refractivity contribution in [2.24, 2.45) is 11.8 Å². The van der Waals surface area contributed by atoms with E-state index in [4.69, 9.17) is 5.73 Å². The molecular weight excluding hydrogens is 248 g/mol. The number of carbonyl (C=O) groups excluding carboxylic acids is 1. The summed E-state index contributed by atoms with van der Waals surface area (Å²) in [6.07, 6.45) is 5.90. The molecule has 0 aromatic heterocycles. The quantitative estimate of drug-likeness (QED) is 0.662. The number of nitrogens with zero attached hydrogens (tertiary/aromatic N) is 1. The van der Waals surface area contributed by atoms with Crippen LogP contribution in [0.5, 0.6) is 0 Å². The Kier molecular flexibility index (Phi) is 4.06. The maximum absolute atomic E-state index is 12.2. The summed E-state index contributed by atoms with van der Waals surface area (Å²) in [6.45, 7) is 3.64. The van der Waals surface area contributed by atoms with Gasteiger partial charge in [0, 0.05) is 24.2 Å². The molecule has 3 nitrogen and oxygen atoms in total. The Morgan fingerprint density at radius 3 is 2.30 bits per heavy atom. The van der Waals surface area contributed by atoms with E-state index in [2.05, 4.69) is 4.90 Å². The van der Waals surface area contributed by atoms with Crippen molar-refractivity contribution in [3.8, 4) is 0 Å². The number of carbonyl (C=O) groups is 1. The van der Waals surface area contributed by atoms with Crippen molar-refractivity contribution >= 4 is 11.5 Å². The normalized spacial score (nSPS) is 21.0. The molecule has 108 valence electrons. The minimum Gasteiger partial charge on any atom is -0.399 e. The lowest BCUT2D eigenvalue weighted by Gasteiger charge is -2.31. The molecule has 0 amide bonds. The van der Waals surface area contributed by atoms with Gasteiger partial charge < -0.3 is 10.6 Å². The number of hydrogen-bond donors (Lipinski definition) is 1. The van der Waals surface area contributed by atoms with Crippen molar-refractivity contribution in [3.63, 3.8) is 0 Å². The van der Waals surface area contributed by atoms with Crippen LogP contribution in [0.3, 0.4) is 0 Å². The maximum Gasteiger partial charge on any atom is 0.163 e. The fourth-order valence-corrected chi connectivity index (χ4v) is 3.09. The summed E-state index contributed by atoms with van der Waals surface area (Å²) in [4.78, 5) is 14.8. The van der Waals surface area contributed by atoms with Crippen molar-refractivity contribution in [2.45, 2.75) is 32.1 Å². The first-order chi connectivity index (χ1) is 9.70. The second-order valence-electron chi connectivity index (χ2n) is 6.44. The summed E-state index contributed by atoms with van der Waals surface area (Å²) in [5.41, 5.74) is 7.18. The molecule has 1 saturated heterocycles. The Hall–Kier alpha value is -1.35. The van der Waals surface area contributed by atoms with Crippen molar-refractivity contribution in [1.82, 2.24) is 4.90 Å². The predicted molar refractivity (Wildman–Crippen MR) is 81.7 cm³/mol. The van der Waals surface area contributed by atoms with E-state index in [0.29, 0.717) is 12.3 Å². The summed E-state index contributed by atoms with van der Waals surface area (Å²) in [5.74, 6) is 1.81. The molecule has 2 aliphatic rings. The first-order valence-corrected chi connectivity index (χ1v) is 7.82. The molecule has 0 atom stereocenters. The van der Waals surface area contributed by atoms with Crippen LogP contribution >= 0.6 is 0 Å². The highest BCUT2D eigenvalue weighted by Crippen LogP contribution is 2.31. The summed E-state index contributed by atoms with van der Waals surface area (Å²) < 4.78 is 0. The van der Waals surface area contributed by atoms with Crippen LogP contribution < -0.4 is 5.73 Å². The largest absolute Gasteiger partial charge is 0.399 e. The van der Waals surface area contributed by atoms with Crippen molar-refractivity contribution in [2.75, 3.05) is 25.4 Å². The number of anilines is 1. The summed E-state index contributed by atoms with van der Waals surface area (Å²) in [6, 6.07) is 7.32. The Balaban J connectivity index is 1.46. The molecule has 20 heavy (non-hydrogen) atoms. The molecule has 0 unspecified atom stereocenters. The van der Waals surface area contributed by atoms with E-state index in [9.17, 15) is 4.79 Å². The van der Waals surface area contributed by atoms with E-state index >= 15 is 0 Å². The number of benzene rings is 1. The van der Waals surface area contributed by atoms with Crippen LogP contribution in [0, 0.1) is 11.8 Å². The molecule has 0 radical (unpaired) electrons. The van der Waals surface area contributed by atoms with Gasteiger partial charge in [-0.2, -0.15) is 0 Å². The fraction of sp³-hybridized carbons (Fsp3) is 0.588. The zero-order chi connectivity index (χ0) is 13.9. The number of ketones is 1. The molecule has 1 aromatic carbocycles. The van der Waals surface area contributed by atoms with Crippen LogP contribution in [0.25, 0.3) is 0 Å². The van der Waals surface area contributed by atoms with E-state index in [1.165, 1.54) is 45.3 Å². The fourth-order valence-electron chi connectivity index (χ4n) is 3.09. The van der Waals surface area contributed by atoms with Gasteiger partial charge in [-0.15, -0.1) is 0 Å². The average Bonchev–Trinajstić information content (AvgIpc) is 3.26. The molecule has 1 aliphatic heterocycles. The van der Waals surface area contributed by atoms with Gasteiger partial charge in [0.15, 0.2) is 5.78 Å². The first kappa shape index (κ1) is 13.6. The van der Waals surface area contributed by atoms with Crippen LogP contribution in [0.4, 0.5) is 5.69 Å². The molecule has 1 aliphatic carbocycles. The van der Waals surface area contributed by atoms with Crippen LogP contribution in [0.15, 0.2) is 24.3 Å². The number of nitrogens with two attached hydrogens (primary N) is 1. The van der Waals surface area contributed by atoms with Gasteiger partial charge in [0.2, 0.25) is 0 Å².